The summed E-state index contributed by atoms with van der Waals surface area (Å²) >= 11 is 0. The van der Waals surface area contributed by atoms with E-state index in [9.17, 15) is 9.59 Å². The van der Waals surface area contributed by atoms with Gasteiger partial charge in [-0.05, 0) is 38.3 Å². The highest BCUT2D eigenvalue weighted by molar-refractivity contribution is 5.92. The molecule has 1 rings (SSSR count). The SMILES string of the molecule is CCC(CC)C(=O)NCCN(C(C)=O)c1ccc(C)cc1C. The van der Waals surface area contributed by atoms with Crippen LogP contribution in [0.2, 0.25) is 0 Å². The Hall–Kier alpha value is -1.84. The lowest BCUT2D eigenvalue weighted by atomic mass is 10.0. The van der Waals surface area contributed by atoms with Crippen LogP contribution in [-0.4, -0.2) is 24.9 Å². The number of rotatable bonds is 7. The van der Waals surface area contributed by atoms with Crippen molar-refractivity contribution >= 4 is 17.5 Å². The smallest absolute Gasteiger partial charge is 0.223 e. The Bertz CT molecular complexity index is 522. The Morgan fingerprint density at radius 1 is 1.18 bits per heavy atom. The van der Waals surface area contributed by atoms with Crippen molar-refractivity contribution in [1.82, 2.24) is 5.32 Å². The van der Waals surface area contributed by atoms with Crippen LogP contribution in [0.3, 0.4) is 0 Å². The molecule has 0 spiro atoms. The third-order valence-electron chi connectivity index (χ3n) is 4.01. The first kappa shape index (κ1) is 18.2. The first-order chi connectivity index (χ1) is 10.4. The standard InChI is InChI=1S/C18H28N2O2/c1-6-16(7-2)18(22)19-10-11-20(15(5)21)17-9-8-13(3)12-14(17)4/h8-9,12,16H,6-7,10-11H2,1-5H3,(H,19,22). The number of benzene rings is 1. The molecule has 122 valence electrons. The van der Waals surface area contributed by atoms with Crippen molar-refractivity contribution in [2.24, 2.45) is 5.92 Å². The molecule has 1 aromatic carbocycles. The van der Waals surface area contributed by atoms with Gasteiger partial charge in [-0.3, -0.25) is 9.59 Å². The lowest BCUT2D eigenvalue weighted by molar-refractivity contribution is -0.125. The van der Waals surface area contributed by atoms with Gasteiger partial charge in [0.2, 0.25) is 11.8 Å². The summed E-state index contributed by atoms with van der Waals surface area (Å²) in [5.74, 6) is 0.129. The van der Waals surface area contributed by atoms with Crippen LogP contribution in [-0.2, 0) is 9.59 Å². The van der Waals surface area contributed by atoms with E-state index in [4.69, 9.17) is 0 Å². The van der Waals surface area contributed by atoms with Gasteiger partial charge in [0.15, 0.2) is 0 Å². The van der Waals surface area contributed by atoms with E-state index in [0.29, 0.717) is 13.1 Å². The molecular formula is C18H28N2O2. The van der Waals surface area contributed by atoms with Gasteiger partial charge in [-0.25, -0.2) is 0 Å². The lowest BCUT2D eigenvalue weighted by Gasteiger charge is -2.24. The van der Waals surface area contributed by atoms with Crippen LogP contribution in [0.15, 0.2) is 18.2 Å². The predicted octanol–water partition coefficient (Wildman–Crippen LogP) is 3.21. The van der Waals surface area contributed by atoms with Crippen molar-refractivity contribution in [3.05, 3.63) is 29.3 Å². The molecule has 0 fully saturated rings. The van der Waals surface area contributed by atoms with Gasteiger partial charge in [0.1, 0.15) is 0 Å². The van der Waals surface area contributed by atoms with Gasteiger partial charge in [0.05, 0.1) is 0 Å². The van der Waals surface area contributed by atoms with Crippen molar-refractivity contribution in [1.29, 1.82) is 0 Å². The molecule has 2 amide bonds. The first-order valence-corrected chi connectivity index (χ1v) is 8.03. The number of hydrogen-bond donors (Lipinski definition) is 1. The molecule has 0 aliphatic heterocycles. The van der Waals surface area contributed by atoms with Crippen LogP contribution < -0.4 is 10.2 Å². The highest BCUT2D eigenvalue weighted by Crippen LogP contribution is 2.21. The molecule has 4 heteroatoms. The summed E-state index contributed by atoms with van der Waals surface area (Å²) in [5.41, 5.74) is 3.16. The van der Waals surface area contributed by atoms with Crippen molar-refractivity contribution < 1.29 is 9.59 Å². The second-order valence-electron chi connectivity index (χ2n) is 5.77. The average Bonchev–Trinajstić information content (AvgIpc) is 2.45. The summed E-state index contributed by atoms with van der Waals surface area (Å²) in [5, 5.41) is 2.94. The molecule has 0 bridgehead atoms. The number of carbonyl (C=O) groups is 2. The Balaban J connectivity index is 2.70. The molecule has 0 heterocycles. The number of amides is 2. The number of nitrogens with one attached hydrogen (secondary N) is 1. The van der Waals surface area contributed by atoms with Crippen LogP contribution in [0.4, 0.5) is 5.69 Å². The van der Waals surface area contributed by atoms with Crippen LogP contribution in [0.25, 0.3) is 0 Å². The van der Waals surface area contributed by atoms with Crippen LogP contribution in [0.5, 0.6) is 0 Å². The Labute approximate surface area is 133 Å². The van der Waals surface area contributed by atoms with Crippen molar-refractivity contribution in [3.8, 4) is 0 Å². The summed E-state index contributed by atoms with van der Waals surface area (Å²) in [6.45, 7) is 10.6. The average molecular weight is 304 g/mol. The molecule has 0 saturated heterocycles. The minimum absolute atomic E-state index is 0.0104. The maximum absolute atomic E-state index is 12.0. The fourth-order valence-corrected chi connectivity index (χ4v) is 2.65. The largest absolute Gasteiger partial charge is 0.354 e. The van der Waals surface area contributed by atoms with Crippen LogP contribution in [0.1, 0.15) is 44.7 Å². The maximum atomic E-state index is 12.0. The Morgan fingerprint density at radius 3 is 2.32 bits per heavy atom. The van der Waals surface area contributed by atoms with Gasteiger partial charge >= 0.3 is 0 Å². The topological polar surface area (TPSA) is 49.4 Å². The Morgan fingerprint density at radius 2 is 1.82 bits per heavy atom. The lowest BCUT2D eigenvalue weighted by Crippen LogP contribution is -2.39. The van der Waals surface area contributed by atoms with Gasteiger partial charge in [-0.15, -0.1) is 0 Å². The van der Waals surface area contributed by atoms with E-state index in [-0.39, 0.29) is 17.7 Å². The summed E-state index contributed by atoms with van der Waals surface area (Å²) in [4.78, 5) is 25.6. The highest BCUT2D eigenvalue weighted by atomic mass is 16.2. The van der Waals surface area contributed by atoms with E-state index in [2.05, 4.69) is 11.4 Å². The van der Waals surface area contributed by atoms with Crippen molar-refractivity contribution in [2.45, 2.75) is 47.5 Å². The third kappa shape index (κ3) is 4.86. The van der Waals surface area contributed by atoms with E-state index in [1.807, 2.05) is 39.8 Å². The van der Waals surface area contributed by atoms with Crippen LogP contribution in [0, 0.1) is 19.8 Å². The molecule has 22 heavy (non-hydrogen) atoms. The fourth-order valence-electron chi connectivity index (χ4n) is 2.65. The summed E-state index contributed by atoms with van der Waals surface area (Å²) < 4.78 is 0. The predicted molar refractivity (Wildman–Crippen MR) is 91.0 cm³/mol. The van der Waals surface area contributed by atoms with Crippen molar-refractivity contribution in [2.75, 3.05) is 18.0 Å². The quantitative estimate of drug-likeness (QED) is 0.841. The number of nitrogens with zero attached hydrogens (tertiary/aromatic N) is 1. The van der Waals surface area contributed by atoms with Gasteiger partial charge < -0.3 is 10.2 Å². The van der Waals surface area contributed by atoms with Gasteiger partial charge in [-0.2, -0.15) is 0 Å². The summed E-state index contributed by atoms with van der Waals surface area (Å²) in [6, 6.07) is 6.03. The highest BCUT2D eigenvalue weighted by Gasteiger charge is 2.16. The molecule has 1 N–H and O–H groups in total. The number of aryl methyl sites for hydroxylation is 2. The normalized spacial score (nSPS) is 10.6. The monoisotopic (exact) mass is 304 g/mol. The molecule has 1 aromatic rings. The van der Waals surface area contributed by atoms with Crippen molar-refractivity contribution in [3.63, 3.8) is 0 Å². The van der Waals surface area contributed by atoms with E-state index in [0.717, 1.165) is 24.1 Å². The van der Waals surface area contributed by atoms with Gasteiger partial charge in [-0.1, -0.05) is 31.5 Å². The summed E-state index contributed by atoms with van der Waals surface area (Å²) in [6.07, 6.45) is 1.69. The van der Waals surface area contributed by atoms with E-state index in [1.54, 1.807) is 11.8 Å². The number of carbonyl (C=O) groups excluding carboxylic acids is 2. The summed E-state index contributed by atoms with van der Waals surface area (Å²) in [7, 11) is 0. The zero-order valence-electron chi connectivity index (χ0n) is 14.4. The third-order valence-corrected chi connectivity index (χ3v) is 4.01. The maximum Gasteiger partial charge on any atom is 0.223 e. The Kier molecular flexibility index (Phi) is 7.09. The molecule has 4 nitrogen and oxygen atoms in total. The molecule has 0 radical (unpaired) electrons. The number of anilines is 1. The van der Waals surface area contributed by atoms with Gasteiger partial charge in [0.25, 0.3) is 0 Å². The van der Waals surface area contributed by atoms with Crippen LogP contribution >= 0.6 is 0 Å². The van der Waals surface area contributed by atoms with E-state index < -0.39 is 0 Å². The molecule has 0 atom stereocenters. The first-order valence-electron chi connectivity index (χ1n) is 8.03. The van der Waals surface area contributed by atoms with Gasteiger partial charge in [0, 0.05) is 31.6 Å². The second-order valence-corrected chi connectivity index (χ2v) is 5.77. The second kappa shape index (κ2) is 8.57. The minimum atomic E-state index is -0.0104. The number of hydrogen-bond acceptors (Lipinski definition) is 2. The molecular weight excluding hydrogens is 276 g/mol. The zero-order valence-corrected chi connectivity index (χ0v) is 14.4. The molecule has 0 aliphatic carbocycles. The zero-order chi connectivity index (χ0) is 16.7. The fraction of sp³-hybridized carbons (Fsp3) is 0.556. The molecule has 0 aliphatic rings. The molecule has 0 unspecified atom stereocenters. The minimum Gasteiger partial charge on any atom is -0.354 e. The van der Waals surface area contributed by atoms with E-state index in [1.165, 1.54) is 5.56 Å². The molecule has 0 saturated carbocycles. The van der Waals surface area contributed by atoms with E-state index >= 15 is 0 Å². The molecule has 0 aromatic heterocycles.